The van der Waals surface area contributed by atoms with Crippen LogP contribution >= 0.6 is 0 Å². The summed E-state index contributed by atoms with van der Waals surface area (Å²) in [7, 11) is 0. The summed E-state index contributed by atoms with van der Waals surface area (Å²) in [6, 6.07) is 17.8. The van der Waals surface area contributed by atoms with Gasteiger partial charge in [-0.1, -0.05) is 24.3 Å². The number of pyridine rings is 1. The second kappa shape index (κ2) is 7.70. The van der Waals surface area contributed by atoms with E-state index in [1.165, 1.54) is 12.1 Å². The number of para-hydroxylation sites is 1. The van der Waals surface area contributed by atoms with Gasteiger partial charge in [-0.05, 0) is 53.9 Å². The Kier molecular flexibility index (Phi) is 4.54. The van der Waals surface area contributed by atoms with Crippen LogP contribution in [0.3, 0.4) is 0 Å². The number of nitrogens with one attached hydrogen (secondary N) is 2. The highest BCUT2D eigenvalue weighted by atomic mass is 19.1. The summed E-state index contributed by atoms with van der Waals surface area (Å²) in [6.45, 7) is 0.533. The van der Waals surface area contributed by atoms with E-state index in [0.29, 0.717) is 24.4 Å². The van der Waals surface area contributed by atoms with Crippen LogP contribution in [0.2, 0.25) is 0 Å². The summed E-state index contributed by atoms with van der Waals surface area (Å²) in [5, 5.41) is 8.53. The number of carbonyl (C=O) groups is 1. The molecule has 162 valence electrons. The number of benzene rings is 2. The Morgan fingerprint density at radius 1 is 1.03 bits per heavy atom. The lowest BCUT2D eigenvalue weighted by molar-refractivity contribution is 0.0746. The molecule has 1 aliphatic rings. The Morgan fingerprint density at radius 3 is 2.70 bits per heavy atom. The van der Waals surface area contributed by atoms with Crippen LogP contribution in [0.15, 0.2) is 79.3 Å². The second-order valence-electron chi connectivity index (χ2n) is 8.16. The van der Waals surface area contributed by atoms with Crippen molar-refractivity contribution in [3.05, 3.63) is 107 Å². The van der Waals surface area contributed by atoms with Gasteiger partial charge in [0.25, 0.3) is 5.91 Å². The number of amides is 1. The molecule has 2 aromatic carbocycles. The SMILES string of the molecule is O=C1c2[nH]nc(-c3ccc(F)cc3)c2[C@H](c2cccnc2)N1CCc1c[nH]c2ccccc12. The van der Waals surface area contributed by atoms with Crippen LogP contribution in [0.1, 0.15) is 33.2 Å². The average molecular weight is 437 g/mol. The number of hydrogen-bond donors (Lipinski definition) is 2. The zero-order valence-corrected chi connectivity index (χ0v) is 17.6. The maximum absolute atomic E-state index is 13.5. The molecule has 3 aromatic heterocycles. The van der Waals surface area contributed by atoms with E-state index in [4.69, 9.17) is 0 Å². The molecule has 0 spiro atoms. The van der Waals surface area contributed by atoms with Gasteiger partial charge in [0.2, 0.25) is 0 Å². The number of hydrogen-bond acceptors (Lipinski definition) is 3. The summed E-state index contributed by atoms with van der Waals surface area (Å²) in [5.41, 5.74) is 5.85. The first-order valence-electron chi connectivity index (χ1n) is 10.8. The fourth-order valence-electron chi connectivity index (χ4n) is 4.72. The van der Waals surface area contributed by atoms with Crippen LogP contribution in [0.5, 0.6) is 0 Å². The average Bonchev–Trinajstić information content (AvgIpc) is 3.53. The molecule has 6 nitrogen and oxygen atoms in total. The number of H-pyrrole nitrogens is 2. The molecule has 0 bridgehead atoms. The van der Waals surface area contributed by atoms with E-state index in [1.807, 2.05) is 41.4 Å². The molecule has 5 aromatic rings. The lowest BCUT2D eigenvalue weighted by atomic mass is 9.97. The van der Waals surface area contributed by atoms with Crippen molar-refractivity contribution in [3.63, 3.8) is 0 Å². The molecular weight excluding hydrogens is 417 g/mol. The van der Waals surface area contributed by atoms with Crippen molar-refractivity contribution < 1.29 is 9.18 Å². The predicted molar refractivity (Wildman–Crippen MR) is 123 cm³/mol. The molecular formula is C26H20FN5O. The molecule has 4 heterocycles. The smallest absolute Gasteiger partial charge is 0.273 e. The number of carbonyl (C=O) groups excluding carboxylic acids is 1. The van der Waals surface area contributed by atoms with E-state index in [2.05, 4.69) is 26.2 Å². The van der Waals surface area contributed by atoms with Crippen molar-refractivity contribution in [2.24, 2.45) is 0 Å². The third kappa shape index (κ3) is 3.20. The monoisotopic (exact) mass is 437 g/mol. The van der Waals surface area contributed by atoms with Crippen molar-refractivity contribution in [1.29, 1.82) is 0 Å². The Labute approximate surface area is 189 Å². The third-order valence-corrected chi connectivity index (χ3v) is 6.28. The van der Waals surface area contributed by atoms with Gasteiger partial charge in [0.15, 0.2) is 0 Å². The minimum absolute atomic E-state index is 0.0976. The maximum atomic E-state index is 13.5. The molecule has 2 N–H and O–H groups in total. The van der Waals surface area contributed by atoms with Crippen molar-refractivity contribution in [2.45, 2.75) is 12.5 Å². The van der Waals surface area contributed by atoms with Crippen LogP contribution < -0.4 is 0 Å². The molecule has 6 rings (SSSR count). The van der Waals surface area contributed by atoms with Gasteiger partial charge in [-0.25, -0.2) is 4.39 Å². The van der Waals surface area contributed by atoms with Gasteiger partial charge in [0.1, 0.15) is 11.5 Å². The molecule has 1 amide bonds. The van der Waals surface area contributed by atoms with Gasteiger partial charge in [-0.2, -0.15) is 5.10 Å². The number of halogens is 1. The first kappa shape index (κ1) is 19.4. The minimum Gasteiger partial charge on any atom is -0.361 e. The fourth-order valence-corrected chi connectivity index (χ4v) is 4.72. The first-order valence-corrected chi connectivity index (χ1v) is 10.8. The van der Waals surface area contributed by atoms with Gasteiger partial charge in [0, 0.05) is 47.2 Å². The van der Waals surface area contributed by atoms with Crippen LogP contribution in [0, 0.1) is 5.82 Å². The van der Waals surface area contributed by atoms with E-state index in [9.17, 15) is 9.18 Å². The maximum Gasteiger partial charge on any atom is 0.273 e. The zero-order valence-electron chi connectivity index (χ0n) is 17.6. The summed E-state index contributed by atoms with van der Waals surface area (Å²) < 4.78 is 13.5. The van der Waals surface area contributed by atoms with Gasteiger partial charge in [-0.3, -0.25) is 14.9 Å². The summed E-state index contributed by atoms with van der Waals surface area (Å²) in [5.74, 6) is -0.411. The minimum atomic E-state index is -0.329. The number of nitrogens with zero attached hydrogens (tertiary/aromatic N) is 3. The molecule has 1 atom stereocenters. The van der Waals surface area contributed by atoms with E-state index >= 15 is 0 Å². The van der Waals surface area contributed by atoms with Crippen LogP contribution in [0.4, 0.5) is 4.39 Å². The van der Waals surface area contributed by atoms with Gasteiger partial charge >= 0.3 is 0 Å². The molecule has 33 heavy (non-hydrogen) atoms. The first-order chi connectivity index (χ1) is 16.2. The number of fused-ring (bicyclic) bond motifs is 2. The molecule has 7 heteroatoms. The highest BCUT2D eigenvalue weighted by Gasteiger charge is 2.42. The Balaban J connectivity index is 1.40. The van der Waals surface area contributed by atoms with Gasteiger partial charge < -0.3 is 9.88 Å². The summed E-state index contributed by atoms with van der Waals surface area (Å²) in [4.78, 5) is 22.9. The predicted octanol–water partition coefficient (Wildman–Crippen LogP) is 4.88. The third-order valence-electron chi connectivity index (χ3n) is 6.28. The second-order valence-corrected chi connectivity index (χ2v) is 8.16. The van der Waals surface area contributed by atoms with Crippen molar-refractivity contribution in [2.75, 3.05) is 6.54 Å². The summed E-state index contributed by atoms with van der Waals surface area (Å²) in [6.07, 6.45) is 6.21. The quantitative estimate of drug-likeness (QED) is 0.411. The molecule has 0 fully saturated rings. The van der Waals surface area contributed by atoms with E-state index < -0.39 is 0 Å². The molecule has 0 saturated heterocycles. The van der Waals surface area contributed by atoms with Gasteiger partial charge in [-0.15, -0.1) is 0 Å². The Hall–Kier alpha value is -4.26. The van der Waals surface area contributed by atoms with Crippen LogP contribution in [-0.2, 0) is 6.42 Å². The Bertz CT molecular complexity index is 1460. The van der Waals surface area contributed by atoms with Gasteiger partial charge in [0.05, 0.1) is 11.7 Å². The molecule has 0 radical (unpaired) electrons. The van der Waals surface area contributed by atoms with Crippen molar-refractivity contribution in [1.82, 2.24) is 25.1 Å². The van der Waals surface area contributed by atoms with E-state index in [1.54, 1.807) is 24.5 Å². The number of rotatable bonds is 5. The zero-order chi connectivity index (χ0) is 22.4. The standard InChI is InChI=1S/C26H20FN5O/c27-19-9-7-16(8-10-19)23-22-24(31-30-23)26(33)32(25(22)18-4-3-12-28-14-18)13-11-17-15-29-21-6-2-1-5-20(17)21/h1-10,12,14-15,25,29H,11,13H2,(H,30,31)/t25-/m0/s1. The van der Waals surface area contributed by atoms with Crippen LogP contribution in [0.25, 0.3) is 22.2 Å². The van der Waals surface area contributed by atoms with E-state index in [-0.39, 0.29) is 17.8 Å². The lowest BCUT2D eigenvalue weighted by Crippen LogP contribution is -2.31. The van der Waals surface area contributed by atoms with Crippen molar-refractivity contribution in [3.8, 4) is 11.3 Å². The molecule has 0 saturated carbocycles. The van der Waals surface area contributed by atoms with Crippen molar-refractivity contribution >= 4 is 16.8 Å². The number of aromatic amines is 2. The summed E-state index contributed by atoms with van der Waals surface area (Å²) >= 11 is 0. The molecule has 1 aliphatic heterocycles. The normalized spacial score (nSPS) is 15.4. The van der Waals surface area contributed by atoms with Crippen LogP contribution in [-0.4, -0.2) is 37.5 Å². The largest absolute Gasteiger partial charge is 0.361 e. The topological polar surface area (TPSA) is 77.7 Å². The Morgan fingerprint density at radius 2 is 1.88 bits per heavy atom. The van der Waals surface area contributed by atoms with E-state index in [0.717, 1.165) is 33.2 Å². The molecule has 0 unspecified atom stereocenters. The number of aromatic nitrogens is 4. The highest BCUT2D eigenvalue weighted by molar-refractivity contribution is 6.00. The highest BCUT2D eigenvalue weighted by Crippen LogP contribution is 2.42. The molecule has 0 aliphatic carbocycles. The lowest BCUT2D eigenvalue weighted by Gasteiger charge is -2.26. The fraction of sp³-hybridized carbons (Fsp3) is 0.115.